The Morgan fingerprint density at radius 2 is 1.52 bits per heavy atom. The lowest BCUT2D eigenvalue weighted by atomic mass is 9.64. The monoisotopic (exact) mass is 388 g/mol. The normalized spacial score (nSPS) is 45.4. The Morgan fingerprint density at radius 1 is 0.815 bits per heavy atom. The van der Waals surface area contributed by atoms with Crippen LogP contribution in [0.3, 0.4) is 0 Å². The maximum absolute atomic E-state index is 15.1. The van der Waals surface area contributed by atoms with Crippen LogP contribution in [0, 0.1) is 29.6 Å². The van der Waals surface area contributed by atoms with Crippen LogP contribution in [0.1, 0.15) is 84.5 Å². The van der Waals surface area contributed by atoms with E-state index in [1.54, 1.807) is 0 Å². The maximum Gasteiger partial charge on any atom is 0.137 e. The number of hydrogen-bond donors (Lipinski definition) is 0. The number of fused-ring (bicyclic) bond motifs is 1. The van der Waals surface area contributed by atoms with E-state index in [4.69, 9.17) is 4.74 Å². The topological polar surface area (TPSA) is 9.23 Å². The number of halogens is 3. The van der Waals surface area contributed by atoms with Crippen LogP contribution in [-0.2, 0) is 4.74 Å². The SMILES string of the molecule is CCCCC1CCC(COC2CCC3CC(CC)C(F)C(F)C3C2F)CC1. The van der Waals surface area contributed by atoms with Crippen molar-refractivity contribution in [2.75, 3.05) is 6.61 Å². The predicted octanol–water partition coefficient (Wildman–Crippen LogP) is 6.84. The first-order chi connectivity index (χ1) is 13.0. The Hall–Kier alpha value is -0.250. The molecule has 158 valence electrons. The summed E-state index contributed by atoms with van der Waals surface area (Å²) in [6.45, 7) is 4.74. The highest BCUT2D eigenvalue weighted by Gasteiger charge is 2.52. The van der Waals surface area contributed by atoms with Gasteiger partial charge in [0.05, 0.1) is 6.10 Å². The minimum Gasteiger partial charge on any atom is -0.375 e. The minimum absolute atomic E-state index is 0.0131. The zero-order valence-corrected chi connectivity index (χ0v) is 17.2. The van der Waals surface area contributed by atoms with Crippen LogP contribution in [0.5, 0.6) is 0 Å². The highest BCUT2D eigenvalue weighted by atomic mass is 19.2. The minimum atomic E-state index is -1.66. The maximum atomic E-state index is 15.1. The number of rotatable bonds is 7. The molecule has 7 unspecified atom stereocenters. The van der Waals surface area contributed by atoms with E-state index in [1.807, 2.05) is 6.92 Å². The molecule has 0 saturated heterocycles. The molecule has 3 rings (SSSR count). The smallest absolute Gasteiger partial charge is 0.137 e. The molecule has 3 aliphatic carbocycles. The van der Waals surface area contributed by atoms with E-state index in [0.29, 0.717) is 31.8 Å². The van der Waals surface area contributed by atoms with Crippen LogP contribution in [0.2, 0.25) is 0 Å². The van der Waals surface area contributed by atoms with Crippen LogP contribution in [0.25, 0.3) is 0 Å². The molecule has 0 aromatic carbocycles. The zero-order valence-electron chi connectivity index (χ0n) is 17.2. The summed E-state index contributed by atoms with van der Waals surface area (Å²) < 4.78 is 50.0. The fraction of sp³-hybridized carbons (Fsp3) is 1.00. The van der Waals surface area contributed by atoms with Crippen molar-refractivity contribution in [1.29, 1.82) is 0 Å². The van der Waals surface area contributed by atoms with Crippen molar-refractivity contribution in [3.05, 3.63) is 0 Å². The summed E-state index contributed by atoms with van der Waals surface area (Å²) in [5, 5.41) is 0. The van der Waals surface area contributed by atoms with Gasteiger partial charge in [0.15, 0.2) is 0 Å². The third-order valence-electron chi connectivity index (χ3n) is 7.82. The summed E-state index contributed by atoms with van der Waals surface area (Å²) in [6, 6.07) is 0. The first kappa shape index (κ1) is 21.5. The van der Waals surface area contributed by atoms with Crippen molar-refractivity contribution in [2.24, 2.45) is 29.6 Å². The second-order valence-electron chi connectivity index (χ2n) is 9.55. The lowest BCUT2D eigenvalue weighted by Crippen LogP contribution is -2.53. The fourth-order valence-electron chi connectivity index (χ4n) is 5.95. The Labute approximate surface area is 163 Å². The van der Waals surface area contributed by atoms with Gasteiger partial charge >= 0.3 is 0 Å². The average molecular weight is 389 g/mol. The van der Waals surface area contributed by atoms with Gasteiger partial charge < -0.3 is 4.74 Å². The molecule has 0 spiro atoms. The van der Waals surface area contributed by atoms with Gasteiger partial charge in [-0.25, -0.2) is 13.2 Å². The van der Waals surface area contributed by atoms with Gasteiger partial charge in [0.1, 0.15) is 18.5 Å². The van der Waals surface area contributed by atoms with Gasteiger partial charge in [-0.05, 0) is 55.8 Å². The molecule has 1 nitrogen and oxygen atoms in total. The van der Waals surface area contributed by atoms with Gasteiger partial charge in [0.25, 0.3) is 0 Å². The molecule has 0 amide bonds. The van der Waals surface area contributed by atoms with Gasteiger partial charge in [-0.2, -0.15) is 0 Å². The van der Waals surface area contributed by atoms with Crippen LogP contribution in [-0.4, -0.2) is 31.2 Å². The molecule has 4 heteroatoms. The molecular formula is C23H39F3O. The molecule has 0 bridgehead atoms. The van der Waals surface area contributed by atoms with Gasteiger partial charge in [-0.1, -0.05) is 52.4 Å². The average Bonchev–Trinajstić information content (AvgIpc) is 2.69. The lowest BCUT2D eigenvalue weighted by Gasteiger charge is -2.47. The first-order valence-corrected chi connectivity index (χ1v) is 11.6. The molecule has 0 aromatic heterocycles. The number of unbranched alkanes of at least 4 members (excludes halogenated alkanes) is 1. The second kappa shape index (κ2) is 9.98. The van der Waals surface area contributed by atoms with E-state index < -0.39 is 30.5 Å². The Morgan fingerprint density at radius 3 is 2.19 bits per heavy atom. The molecule has 0 N–H and O–H groups in total. The van der Waals surface area contributed by atoms with E-state index in [-0.39, 0.29) is 11.8 Å². The summed E-state index contributed by atoms with van der Waals surface area (Å²) in [6.07, 6.45) is 6.44. The molecule has 0 aromatic rings. The van der Waals surface area contributed by atoms with E-state index in [0.717, 1.165) is 12.3 Å². The molecule has 3 saturated carbocycles. The van der Waals surface area contributed by atoms with Gasteiger partial charge in [-0.3, -0.25) is 0 Å². The van der Waals surface area contributed by atoms with E-state index in [2.05, 4.69) is 6.92 Å². The Kier molecular flexibility index (Phi) is 7.93. The van der Waals surface area contributed by atoms with Crippen LogP contribution in [0.15, 0.2) is 0 Å². The number of ether oxygens (including phenoxy) is 1. The zero-order chi connectivity index (χ0) is 19.4. The van der Waals surface area contributed by atoms with Crippen LogP contribution < -0.4 is 0 Å². The van der Waals surface area contributed by atoms with Crippen molar-refractivity contribution in [1.82, 2.24) is 0 Å². The molecule has 0 radical (unpaired) electrons. The van der Waals surface area contributed by atoms with Crippen LogP contribution >= 0.6 is 0 Å². The first-order valence-electron chi connectivity index (χ1n) is 11.6. The molecule has 0 heterocycles. The highest BCUT2D eigenvalue weighted by molar-refractivity contribution is 5.00. The summed E-state index contributed by atoms with van der Waals surface area (Å²) >= 11 is 0. The number of alkyl halides is 3. The molecule has 3 aliphatic rings. The third kappa shape index (κ3) is 5.03. The van der Waals surface area contributed by atoms with E-state index >= 15 is 4.39 Å². The standard InChI is InChI=1S/C23H39F3O/c1-3-5-6-15-7-9-16(10-8-15)14-27-19-12-11-18-13-17(4-2)21(24)23(26)20(18)22(19)25/h15-23H,3-14H2,1-2H3. The largest absolute Gasteiger partial charge is 0.375 e. The van der Waals surface area contributed by atoms with Crippen molar-refractivity contribution in [3.8, 4) is 0 Å². The molecule has 3 fully saturated rings. The van der Waals surface area contributed by atoms with Gasteiger partial charge in [0.2, 0.25) is 0 Å². The van der Waals surface area contributed by atoms with Crippen molar-refractivity contribution >= 4 is 0 Å². The summed E-state index contributed by atoms with van der Waals surface area (Å²) in [4.78, 5) is 0. The highest BCUT2D eigenvalue weighted by Crippen LogP contribution is 2.48. The van der Waals surface area contributed by atoms with Crippen LogP contribution in [0.4, 0.5) is 13.2 Å². The van der Waals surface area contributed by atoms with E-state index in [1.165, 1.54) is 44.9 Å². The van der Waals surface area contributed by atoms with Gasteiger partial charge in [-0.15, -0.1) is 0 Å². The summed E-state index contributed by atoms with van der Waals surface area (Å²) in [7, 11) is 0. The summed E-state index contributed by atoms with van der Waals surface area (Å²) in [5.41, 5.74) is 0. The molecule has 27 heavy (non-hydrogen) atoms. The Bertz CT molecular complexity index is 435. The molecule has 0 aliphatic heterocycles. The second-order valence-corrected chi connectivity index (χ2v) is 9.55. The van der Waals surface area contributed by atoms with Gasteiger partial charge in [0, 0.05) is 12.5 Å². The summed E-state index contributed by atoms with van der Waals surface area (Å²) in [5.74, 6) is 0.313. The molecular weight excluding hydrogens is 349 g/mol. The lowest BCUT2D eigenvalue weighted by molar-refractivity contribution is -0.129. The third-order valence-corrected chi connectivity index (χ3v) is 7.82. The van der Waals surface area contributed by atoms with Crippen molar-refractivity contribution < 1.29 is 17.9 Å². The quantitative estimate of drug-likeness (QED) is 0.464. The van der Waals surface area contributed by atoms with Crippen molar-refractivity contribution in [2.45, 2.75) is 109 Å². The predicted molar refractivity (Wildman–Crippen MR) is 104 cm³/mol. The fourth-order valence-corrected chi connectivity index (χ4v) is 5.95. The molecule has 7 atom stereocenters. The van der Waals surface area contributed by atoms with Crippen molar-refractivity contribution in [3.63, 3.8) is 0 Å². The van der Waals surface area contributed by atoms with E-state index in [9.17, 15) is 8.78 Å². The number of hydrogen-bond acceptors (Lipinski definition) is 1. The Balaban J connectivity index is 1.46.